The number of rotatable bonds is 1. The minimum absolute atomic E-state index is 0.0337. The number of phenols is 1. The highest BCUT2D eigenvalue weighted by molar-refractivity contribution is 6.33. The van der Waals surface area contributed by atoms with Gasteiger partial charge in [-0.25, -0.2) is 0 Å². The maximum atomic E-state index is 11.0. The van der Waals surface area contributed by atoms with Crippen LogP contribution in [0.4, 0.5) is 5.69 Å². The summed E-state index contributed by atoms with van der Waals surface area (Å²) in [5.74, 6) is -0.117. The van der Waals surface area contributed by atoms with Crippen molar-refractivity contribution in [2.75, 3.05) is 5.32 Å². The van der Waals surface area contributed by atoms with Gasteiger partial charge in [-0.15, -0.1) is 0 Å². The van der Waals surface area contributed by atoms with Crippen molar-refractivity contribution < 1.29 is 9.90 Å². The molecule has 0 bridgehead atoms. The number of hydrogen-bond acceptors (Lipinski definition) is 2. The van der Waals surface area contributed by atoms with E-state index in [9.17, 15) is 9.90 Å². The number of benzene rings is 2. The highest BCUT2D eigenvalue weighted by atomic mass is 35.5. The second-order valence-electron chi connectivity index (χ2n) is 3.48. The van der Waals surface area contributed by atoms with Crippen LogP contribution in [0.1, 0.15) is 6.92 Å². The molecule has 0 aromatic heterocycles. The second-order valence-corrected chi connectivity index (χ2v) is 3.89. The molecule has 0 atom stereocenters. The Bertz CT molecular complexity index is 566. The molecule has 0 fully saturated rings. The quantitative estimate of drug-likeness (QED) is 0.798. The van der Waals surface area contributed by atoms with Crippen molar-refractivity contribution in [1.29, 1.82) is 0 Å². The molecule has 3 nitrogen and oxygen atoms in total. The van der Waals surface area contributed by atoms with Crippen LogP contribution in [0, 0.1) is 0 Å². The summed E-state index contributed by atoms with van der Waals surface area (Å²) in [5, 5.41) is 14.2. The second kappa shape index (κ2) is 4.02. The summed E-state index contributed by atoms with van der Waals surface area (Å²) in [4.78, 5) is 11.0. The zero-order valence-electron chi connectivity index (χ0n) is 8.62. The average molecular weight is 236 g/mol. The molecule has 0 unspecified atom stereocenters. The van der Waals surface area contributed by atoms with Crippen LogP contribution in [0.3, 0.4) is 0 Å². The van der Waals surface area contributed by atoms with Gasteiger partial charge in [0.15, 0.2) is 0 Å². The van der Waals surface area contributed by atoms with Gasteiger partial charge in [0.05, 0.1) is 5.02 Å². The van der Waals surface area contributed by atoms with Crippen molar-refractivity contribution in [3.63, 3.8) is 0 Å². The number of carbonyl (C=O) groups excluding carboxylic acids is 1. The molecule has 0 saturated heterocycles. The van der Waals surface area contributed by atoms with E-state index >= 15 is 0 Å². The summed E-state index contributed by atoms with van der Waals surface area (Å²) in [6.07, 6.45) is 0. The molecule has 2 N–H and O–H groups in total. The first-order valence-electron chi connectivity index (χ1n) is 4.77. The van der Waals surface area contributed by atoms with E-state index in [1.54, 1.807) is 30.3 Å². The number of halogens is 1. The lowest BCUT2D eigenvalue weighted by Gasteiger charge is -2.08. The molecule has 0 spiro atoms. The van der Waals surface area contributed by atoms with Crippen molar-refractivity contribution in [3.8, 4) is 5.75 Å². The van der Waals surface area contributed by atoms with Gasteiger partial charge in [-0.05, 0) is 12.1 Å². The third-order valence-electron chi connectivity index (χ3n) is 2.29. The fourth-order valence-electron chi connectivity index (χ4n) is 1.61. The number of amides is 1. The Balaban J connectivity index is 2.69. The van der Waals surface area contributed by atoms with Gasteiger partial charge in [-0.3, -0.25) is 4.79 Å². The number of phenolic OH excluding ortho intramolecular Hbond substituents is 1. The number of aromatic hydroxyl groups is 1. The minimum Gasteiger partial charge on any atom is -0.506 e. The fourth-order valence-corrected chi connectivity index (χ4v) is 1.78. The van der Waals surface area contributed by atoms with Gasteiger partial charge in [-0.2, -0.15) is 0 Å². The van der Waals surface area contributed by atoms with Gasteiger partial charge in [0.25, 0.3) is 0 Å². The molecular weight excluding hydrogens is 226 g/mol. The molecular formula is C12H10ClNO2. The lowest BCUT2D eigenvalue weighted by molar-refractivity contribution is -0.114. The molecule has 16 heavy (non-hydrogen) atoms. The van der Waals surface area contributed by atoms with Crippen LogP contribution in [0.15, 0.2) is 30.3 Å². The lowest BCUT2D eigenvalue weighted by Crippen LogP contribution is -2.05. The van der Waals surface area contributed by atoms with Crippen LogP contribution in [-0.4, -0.2) is 11.0 Å². The van der Waals surface area contributed by atoms with Crippen LogP contribution in [-0.2, 0) is 4.79 Å². The third-order valence-corrected chi connectivity index (χ3v) is 2.60. The van der Waals surface area contributed by atoms with Gasteiger partial charge in [0, 0.05) is 23.4 Å². The highest BCUT2D eigenvalue weighted by Crippen LogP contribution is 2.35. The number of hydrogen-bond donors (Lipinski definition) is 2. The minimum atomic E-state index is -0.151. The van der Waals surface area contributed by atoms with Crippen LogP contribution in [0.25, 0.3) is 10.8 Å². The monoisotopic (exact) mass is 235 g/mol. The molecule has 2 aromatic rings. The summed E-state index contributed by atoms with van der Waals surface area (Å²) >= 11 is 5.81. The van der Waals surface area contributed by atoms with E-state index in [0.29, 0.717) is 16.1 Å². The van der Waals surface area contributed by atoms with Crippen LogP contribution in [0.2, 0.25) is 5.02 Å². The van der Waals surface area contributed by atoms with Gasteiger partial charge < -0.3 is 10.4 Å². The van der Waals surface area contributed by atoms with E-state index in [1.165, 1.54) is 6.92 Å². The molecule has 0 aliphatic rings. The number of carbonyl (C=O) groups is 1. The van der Waals surface area contributed by atoms with Crippen molar-refractivity contribution in [1.82, 2.24) is 0 Å². The number of fused-ring (bicyclic) bond motifs is 1. The lowest BCUT2D eigenvalue weighted by atomic mass is 10.1. The molecule has 4 heteroatoms. The van der Waals surface area contributed by atoms with Crippen LogP contribution >= 0.6 is 11.6 Å². The average Bonchev–Trinajstić information content (AvgIpc) is 2.23. The molecule has 1 amide bonds. The van der Waals surface area contributed by atoms with Crippen LogP contribution < -0.4 is 5.32 Å². The Labute approximate surface area is 97.7 Å². The SMILES string of the molecule is CC(=O)Nc1cccc2c(O)c(Cl)ccc12. The summed E-state index contributed by atoms with van der Waals surface area (Å²) in [6.45, 7) is 1.44. The summed E-state index contributed by atoms with van der Waals surface area (Å²) < 4.78 is 0. The molecule has 0 saturated carbocycles. The molecule has 0 aliphatic heterocycles. The summed E-state index contributed by atoms with van der Waals surface area (Å²) in [6, 6.07) is 8.65. The fraction of sp³-hybridized carbons (Fsp3) is 0.0833. The Morgan fingerprint density at radius 3 is 2.69 bits per heavy atom. The van der Waals surface area contributed by atoms with Crippen molar-refractivity contribution in [2.45, 2.75) is 6.92 Å². The maximum Gasteiger partial charge on any atom is 0.221 e. The van der Waals surface area contributed by atoms with E-state index in [1.807, 2.05) is 0 Å². The Morgan fingerprint density at radius 1 is 1.25 bits per heavy atom. The molecule has 82 valence electrons. The number of anilines is 1. The normalized spacial score (nSPS) is 10.4. The van der Waals surface area contributed by atoms with E-state index in [0.717, 1.165) is 5.39 Å². The van der Waals surface area contributed by atoms with Crippen LogP contribution in [0.5, 0.6) is 5.75 Å². The Kier molecular flexibility index (Phi) is 2.71. The zero-order valence-corrected chi connectivity index (χ0v) is 9.38. The van der Waals surface area contributed by atoms with Gasteiger partial charge >= 0.3 is 0 Å². The first-order chi connectivity index (χ1) is 7.59. The third kappa shape index (κ3) is 1.82. The number of nitrogens with one attached hydrogen (secondary N) is 1. The van der Waals surface area contributed by atoms with E-state index in [2.05, 4.69) is 5.32 Å². The maximum absolute atomic E-state index is 11.0. The molecule has 2 rings (SSSR count). The highest BCUT2D eigenvalue weighted by Gasteiger charge is 2.08. The molecule has 0 aliphatic carbocycles. The Hall–Kier alpha value is -1.74. The summed E-state index contributed by atoms with van der Waals surface area (Å²) in [5.41, 5.74) is 0.664. The molecule has 0 radical (unpaired) electrons. The van der Waals surface area contributed by atoms with Crippen molar-refractivity contribution in [3.05, 3.63) is 35.4 Å². The Morgan fingerprint density at radius 2 is 2.00 bits per heavy atom. The first-order valence-corrected chi connectivity index (χ1v) is 5.15. The predicted molar refractivity (Wildman–Crippen MR) is 64.9 cm³/mol. The van der Waals surface area contributed by atoms with E-state index < -0.39 is 0 Å². The van der Waals surface area contributed by atoms with Crippen molar-refractivity contribution >= 4 is 34.0 Å². The smallest absolute Gasteiger partial charge is 0.221 e. The molecule has 2 aromatic carbocycles. The largest absolute Gasteiger partial charge is 0.506 e. The van der Waals surface area contributed by atoms with Gasteiger partial charge in [-0.1, -0.05) is 29.8 Å². The summed E-state index contributed by atoms with van der Waals surface area (Å²) in [7, 11) is 0. The topological polar surface area (TPSA) is 49.3 Å². The standard InChI is InChI=1S/C12H10ClNO2/c1-7(15)14-11-4-2-3-9-8(11)5-6-10(13)12(9)16/h2-6,16H,1H3,(H,14,15). The predicted octanol–water partition coefficient (Wildman–Crippen LogP) is 3.16. The zero-order chi connectivity index (χ0) is 11.7. The van der Waals surface area contributed by atoms with Crippen molar-refractivity contribution in [2.24, 2.45) is 0 Å². The van der Waals surface area contributed by atoms with E-state index in [4.69, 9.17) is 11.6 Å². The van der Waals surface area contributed by atoms with Gasteiger partial charge in [0.2, 0.25) is 5.91 Å². The molecule has 0 heterocycles. The first kappa shape index (κ1) is 10.8. The van der Waals surface area contributed by atoms with Gasteiger partial charge in [0.1, 0.15) is 5.75 Å². The van der Waals surface area contributed by atoms with E-state index in [-0.39, 0.29) is 11.7 Å².